The summed E-state index contributed by atoms with van der Waals surface area (Å²) in [5.41, 5.74) is 0.853. The summed E-state index contributed by atoms with van der Waals surface area (Å²) < 4.78 is 8.61. The lowest BCUT2D eigenvalue weighted by Gasteiger charge is -2.05. The number of rotatable bonds is 2. The summed E-state index contributed by atoms with van der Waals surface area (Å²) in [7, 11) is 0. The first-order chi connectivity index (χ1) is 8.33. The van der Waals surface area contributed by atoms with Crippen molar-refractivity contribution < 1.29 is 4.74 Å². The highest BCUT2D eigenvalue weighted by Gasteiger charge is 2.05. The minimum atomic E-state index is 0.562. The Morgan fingerprint density at radius 3 is 3.00 bits per heavy atom. The molecule has 0 N–H and O–H groups in total. The van der Waals surface area contributed by atoms with Crippen LogP contribution in [0.15, 0.2) is 48.9 Å². The van der Waals surface area contributed by atoms with Gasteiger partial charge in [-0.15, -0.1) is 0 Å². The van der Waals surface area contributed by atoms with Crippen LogP contribution >= 0.6 is 22.6 Å². The maximum Gasteiger partial charge on any atom is 0.245 e. The molecule has 2 aromatic heterocycles. The normalized spacial score (nSPS) is 10.6. The Morgan fingerprint density at radius 1 is 1.18 bits per heavy atom. The molecule has 3 aromatic rings. The topological polar surface area (TPSA) is 39.4 Å². The molecule has 0 aliphatic heterocycles. The molecule has 0 aliphatic carbocycles. The summed E-state index contributed by atoms with van der Waals surface area (Å²) in [6.45, 7) is 0. The highest BCUT2D eigenvalue weighted by atomic mass is 127. The van der Waals surface area contributed by atoms with Gasteiger partial charge in [-0.1, -0.05) is 6.07 Å². The molecule has 0 radical (unpaired) electrons. The lowest BCUT2D eigenvalue weighted by atomic mass is 10.3. The molecule has 17 heavy (non-hydrogen) atoms. The van der Waals surface area contributed by atoms with E-state index in [-0.39, 0.29) is 0 Å². The van der Waals surface area contributed by atoms with Crippen molar-refractivity contribution in [1.82, 2.24) is 14.6 Å². The predicted octanol–water partition coefficient (Wildman–Crippen LogP) is 3.13. The van der Waals surface area contributed by atoms with Crippen LogP contribution in [0, 0.1) is 3.57 Å². The summed E-state index contributed by atoms with van der Waals surface area (Å²) in [6.07, 6.45) is 5.18. The van der Waals surface area contributed by atoms with Crippen molar-refractivity contribution in [3.8, 4) is 11.6 Å². The monoisotopic (exact) mass is 337 g/mol. The molecule has 0 spiro atoms. The zero-order valence-corrected chi connectivity index (χ0v) is 10.9. The number of nitrogens with zero attached hydrogens (tertiary/aromatic N) is 3. The summed E-state index contributed by atoms with van der Waals surface area (Å²) in [6, 6.07) is 9.70. The van der Waals surface area contributed by atoms with Crippen molar-refractivity contribution in [2.24, 2.45) is 0 Å². The second-order valence-corrected chi connectivity index (χ2v) is 4.70. The number of hydrogen-bond acceptors (Lipinski definition) is 3. The van der Waals surface area contributed by atoms with Crippen molar-refractivity contribution in [3.63, 3.8) is 0 Å². The van der Waals surface area contributed by atoms with Gasteiger partial charge in [0.25, 0.3) is 0 Å². The molecule has 2 heterocycles. The van der Waals surface area contributed by atoms with Crippen LogP contribution in [-0.2, 0) is 0 Å². The van der Waals surface area contributed by atoms with Crippen LogP contribution in [0.4, 0.5) is 0 Å². The van der Waals surface area contributed by atoms with Gasteiger partial charge in [0.15, 0.2) is 0 Å². The fourth-order valence-electron chi connectivity index (χ4n) is 1.55. The summed E-state index contributed by atoms with van der Waals surface area (Å²) >= 11 is 2.25. The average Bonchev–Trinajstić information content (AvgIpc) is 2.78. The molecule has 3 rings (SSSR count). The Kier molecular flexibility index (Phi) is 2.68. The first-order valence-electron chi connectivity index (χ1n) is 5.05. The van der Waals surface area contributed by atoms with Crippen LogP contribution in [-0.4, -0.2) is 14.6 Å². The molecule has 84 valence electrons. The Hall–Kier alpha value is -1.63. The second kappa shape index (κ2) is 4.33. The van der Waals surface area contributed by atoms with Gasteiger partial charge in [-0.2, -0.15) is 5.10 Å². The van der Waals surface area contributed by atoms with Gasteiger partial charge in [0.1, 0.15) is 11.3 Å². The van der Waals surface area contributed by atoms with E-state index < -0.39 is 0 Å². The van der Waals surface area contributed by atoms with Crippen molar-refractivity contribution in [2.45, 2.75) is 0 Å². The highest BCUT2D eigenvalue weighted by molar-refractivity contribution is 14.1. The first-order valence-corrected chi connectivity index (χ1v) is 6.12. The van der Waals surface area contributed by atoms with Crippen LogP contribution in [0.3, 0.4) is 0 Å². The molecule has 0 unspecified atom stereocenters. The molecule has 5 heteroatoms. The Labute approximate surface area is 111 Å². The predicted molar refractivity (Wildman–Crippen MR) is 72.2 cm³/mol. The maximum absolute atomic E-state index is 5.75. The van der Waals surface area contributed by atoms with E-state index >= 15 is 0 Å². The van der Waals surface area contributed by atoms with Crippen molar-refractivity contribution in [3.05, 3.63) is 52.5 Å². The van der Waals surface area contributed by atoms with Crippen LogP contribution in [0.1, 0.15) is 0 Å². The summed E-state index contributed by atoms with van der Waals surface area (Å²) in [5.74, 6) is 1.34. The third-order valence-corrected chi connectivity index (χ3v) is 2.97. The quantitative estimate of drug-likeness (QED) is 0.675. The van der Waals surface area contributed by atoms with Crippen molar-refractivity contribution >= 4 is 28.1 Å². The SMILES string of the molecule is Ic1cccc(Oc2nccn3nccc23)c1. The average molecular weight is 337 g/mol. The van der Waals surface area contributed by atoms with Crippen LogP contribution < -0.4 is 4.74 Å². The lowest BCUT2D eigenvalue weighted by molar-refractivity contribution is 0.465. The van der Waals surface area contributed by atoms with E-state index in [0.717, 1.165) is 14.8 Å². The Morgan fingerprint density at radius 2 is 2.12 bits per heavy atom. The number of aromatic nitrogens is 3. The third-order valence-electron chi connectivity index (χ3n) is 2.30. The molecular formula is C12H8IN3O. The van der Waals surface area contributed by atoms with Gasteiger partial charge in [-0.3, -0.25) is 0 Å². The largest absolute Gasteiger partial charge is 0.437 e. The molecule has 0 atom stereocenters. The minimum absolute atomic E-state index is 0.562. The second-order valence-electron chi connectivity index (χ2n) is 3.45. The molecule has 0 saturated heterocycles. The first kappa shape index (κ1) is 10.5. The summed E-state index contributed by atoms with van der Waals surface area (Å²) in [4.78, 5) is 4.22. The van der Waals surface area contributed by atoms with E-state index in [9.17, 15) is 0 Å². The molecule has 0 aliphatic rings. The van der Waals surface area contributed by atoms with E-state index in [1.165, 1.54) is 0 Å². The number of fused-ring (bicyclic) bond motifs is 1. The third kappa shape index (κ3) is 2.10. The van der Waals surface area contributed by atoms with E-state index in [2.05, 4.69) is 32.7 Å². The standard InChI is InChI=1S/C12H8IN3O/c13-9-2-1-3-10(8-9)17-12-11-4-5-15-16(11)7-6-14-12/h1-8H. The van der Waals surface area contributed by atoms with E-state index in [1.807, 2.05) is 30.3 Å². The Bertz CT molecular complexity index is 665. The molecule has 0 bridgehead atoms. The van der Waals surface area contributed by atoms with Crippen LogP contribution in [0.25, 0.3) is 5.52 Å². The van der Waals surface area contributed by atoms with Crippen LogP contribution in [0.5, 0.6) is 11.6 Å². The molecule has 1 aromatic carbocycles. The van der Waals surface area contributed by atoms with Crippen molar-refractivity contribution in [2.75, 3.05) is 0 Å². The molecular weight excluding hydrogens is 329 g/mol. The Balaban J connectivity index is 2.02. The van der Waals surface area contributed by atoms with E-state index in [1.54, 1.807) is 23.1 Å². The van der Waals surface area contributed by atoms with Gasteiger partial charge in [-0.25, -0.2) is 9.50 Å². The summed E-state index contributed by atoms with van der Waals surface area (Å²) in [5, 5.41) is 4.13. The minimum Gasteiger partial charge on any atom is -0.437 e. The molecule has 0 fully saturated rings. The number of ether oxygens (including phenoxy) is 1. The van der Waals surface area contributed by atoms with Gasteiger partial charge in [0.05, 0.1) is 6.20 Å². The van der Waals surface area contributed by atoms with Crippen molar-refractivity contribution in [1.29, 1.82) is 0 Å². The number of benzene rings is 1. The van der Waals surface area contributed by atoms with Gasteiger partial charge < -0.3 is 4.74 Å². The zero-order chi connectivity index (χ0) is 11.7. The molecule has 4 nitrogen and oxygen atoms in total. The number of halogens is 1. The smallest absolute Gasteiger partial charge is 0.245 e. The highest BCUT2D eigenvalue weighted by Crippen LogP contribution is 2.24. The van der Waals surface area contributed by atoms with Gasteiger partial charge >= 0.3 is 0 Å². The van der Waals surface area contributed by atoms with Gasteiger partial charge in [0, 0.05) is 16.0 Å². The number of hydrogen-bond donors (Lipinski definition) is 0. The lowest BCUT2D eigenvalue weighted by Crippen LogP contribution is -1.93. The fourth-order valence-corrected chi connectivity index (χ4v) is 2.07. The maximum atomic E-state index is 5.75. The van der Waals surface area contributed by atoms with Crippen LogP contribution in [0.2, 0.25) is 0 Å². The zero-order valence-electron chi connectivity index (χ0n) is 8.75. The van der Waals surface area contributed by atoms with E-state index in [0.29, 0.717) is 5.88 Å². The molecule has 0 saturated carbocycles. The van der Waals surface area contributed by atoms with E-state index in [4.69, 9.17) is 4.74 Å². The van der Waals surface area contributed by atoms with Gasteiger partial charge in [-0.05, 0) is 46.9 Å². The van der Waals surface area contributed by atoms with Gasteiger partial charge in [0.2, 0.25) is 5.88 Å². The fraction of sp³-hybridized carbons (Fsp3) is 0. The molecule has 0 amide bonds.